The smallest absolute Gasteiger partial charge is 0.312 e. The summed E-state index contributed by atoms with van der Waals surface area (Å²) in [5.74, 6) is -0.0331. The van der Waals surface area contributed by atoms with Gasteiger partial charge in [0, 0.05) is 26.2 Å². The van der Waals surface area contributed by atoms with Gasteiger partial charge in [0.25, 0.3) is 0 Å². The van der Waals surface area contributed by atoms with Crippen molar-refractivity contribution in [3.8, 4) is 0 Å². The Hall–Kier alpha value is -1.10. The highest BCUT2D eigenvalue weighted by Gasteiger charge is 2.28. The van der Waals surface area contributed by atoms with E-state index in [4.69, 9.17) is 4.74 Å². The second kappa shape index (κ2) is 7.48. The van der Waals surface area contributed by atoms with Crippen LogP contribution in [0.1, 0.15) is 27.7 Å². The zero-order chi connectivity index (χ0) is 14.4. The largest absolute Gasteiger partial charge is 0.378 e. The summed E-state index contributed by atoms with van der Waals surface area (Å²) in [5, 5.41) is 0. The molecule has 1 aliphatic rings. The van der Waals surface area contributed by atoms with Crippen molar-refractivity contribution < 1.29 is 14.3 Å². The van der Waals surface area contributed by atoms with Crippen molar-refractivity contribution in [2.24, 2.45) is 11.8 Å². The topological polar surface area (TPSA) is 49.9 Å². The fourth-order valence-electron chi connectivity index (χ4n) is 2.16. The molecule has 0 spiro atoms. The number of morpholine rings is 1. The Morgan fingerprint density at radius 1 is 1.05 bits per heavy atom. The first-order valence-electron chi connectivity index (χ1n) is 7.07. The summed E-state index contributed by atoms with van der Waals surface area (Å²) in [5.41, 5.74) is 0. The molecule has 19 heavy (non-hydrogen) atoms. The summed E-state index contributed by atoms with van der Waals surface area (Å²) in [6.07, 6.45) is 0. The lowest BCUT2D eigenvalue weighted by atomic mass is 10.1. The maximum Gasteiger partial charge on any atom is 0.312 e. The highest BCUT2D eigenvalue weighted by molar-refractivity contribution is 6.34. The van der Waals surface area contributed by atoms with E-state index in [1.807, 2.05) is 0 Å². The first kappa shape index (κ1) is 16.0. The quantitative estimate of drug-likeness (QED) is 0.716. The van der Waals surface area contributed by atoms with E-state index in [0.717, 1.165) is 0 Å². The van der Waals surface area contributed by atoms with Crippen LogP contribution < -0.4 is 0 Å². The first-order valence-corrected chi connectivity index (χ1v) is 7.07. The van der Waals surface area contributed by atoms with Crippen LogP contribution in [0.5, 0.6) is 0 Å². The van der Waals surface area contributed by atoms with Gasteiger partial charge in [0.1, 0.15) is 0 Å². The highest BCUT2D eigenvalue weighted by Crippen LogP contribution is 2.07. The van der Waals surface area contributed by atoms with Gasteiger partial charge in [0.2, 0.25) is 0 Å². The van der Waals surface area contributed by atoms with E-state index < -0.39 is 0 Å². The predicted molar refractivity (Wildman–Crippen MR) is 73.7 cm³/mol. The summed E-state index contributed by atoms with van der Waals surface area (Å²) in [6.45, 7) is 11.6. The number of hydrogen-bond acceptors (Lipinski definition) is 3. The standard InChI is InChI=1S/C14H26N2O3/c1-11(2)9-16(10-12(3)4)14(18)13(17)15-5-7-19-8-6-15/h11-12H,5-10H2,1-4H3. The van der Waals surface area contributed by atoms with E-state index in [9.17, 15) is 9.59 Å². The van der Waals surface area contributed by atoms with Crippen LogP contribution in [-0.4, -0.2) is 61.0 Å². The number of nitrogens with zero attached hydrogens (tertiary/aromatic N) is 2. The van der Waals surface area contributed by atoms with Gasteiger partial charge < -0.3 is 14.5 Å². The van der Waals surface area contributed by atoms with E-state index in [1.54, 1.807) is 9.80 Å². The molecule has 0 saturated carbocycles. The Labute approximate surface area is 115 Å². The lowest BCUT2D eigenvalue weighted by Gasteiger charge is -2.31. The fourth-order valence-corrected chi connectivity index (χ4v) is 2.16. The van der Waals surface area contributed by atoms with Crippen molar-refractivity contribution in [1.29, 1.82) is 0 Å². The van der Waals surface area contributed by atoms with Crippen LogP contribution in [-0.2, 0) is 14.3 Å². The summed E-state index contributed by atoms with van der Waals surface area (Å²) in [7, 11) is 0. The molecule has 1 aliphatic heterocycles. The molecule has 110 valence electrons. The number of carbonyl (C=O) groups is 2. The molecule has 5 nitrogen and oxygen atoms in total. The number of rotatable bonds is 4. The van der Waals surface area contributed by atoms with Crippen molar-refractivity contribution in [3.05, 3.63) is 0 Å². The molecule has 0 aromatic heterocycles. The van der Waals surface area contributed by atoms with Crippen molar-refractivity contribution in [3.63, 3.8) is 0 Å². The molecule has 2 amide bonds. The van der Waals surface area contributed by atoms with E-state index in [-0.39, 0.29) is 11.8 Å². The van der Waals surface area contributed by atoms with Gasteiger partial charge in [-0.15, -0.1) is 0 Å². The van der Waals surface area contributed by atoms with Crippen LogP contribution in [0, 0.1) is 11.8 Å². The number of carbonyl (C=O) groups excluding carboxylic acids is 2. The van der Waals surface area contributed by atoms with E-state index in [2.05, 4.69) is 27.7 Å². The first-order chi connectivity index (χ1) is 8.91. The SMILES string of the molecule is CC(C)CN(CC(C)C)C(=O)C(=O)N1CCOCC1. The molecule has 1 rings (SSSR count). The minimum Gasteiger partial charge on any atom is -0.378 e. The van der Waals surface area contributed by atoms with Gasteiger partial charge in [-0.25, -0.2) is 0 Å². The molecule has 5 heteroatoms. The van der Waals surface area contributed by atoms with Gasteiger partial charge in [0.05, 0.1) is 13.2 Å². The van der Waals surface area contributed by atoms with Crippen LogP contribution in [0.15, 0.2) is 0 Å². The fraction of sp³-hybridized carbons (Fsp3) is 0.857. The summed E-state index contributed by atoms with van der Waals surface area (Å²) in [6, 6.07) is 0. The van der Waals surface area contributed by atoms with Gasteiger partial charge in [-0.1, -0.05) is 27.7 Å². The molecule has 0 N–H and O–H groups in total. The van der Waals surface area contributed by atoms with E-state index in [0.29, 0.717) is 51.2 Å². The Morgan fingerprint density at radius 3 is 1.95 bits per heavy atom. The van der Waals surface area contributed by atoms with Crippen molar-refractivity contribution in [2.75, 3.05) is 39.4 Å². The molecule has 1 saturated heterocycles. The average Bonchev–Trinajstić information content (AvgIpc) is 2.36. The van der Waals surface area contributed by atoms with E-state index in [1.165, 1.54) is 0 Å². The van der Waals surface area contributed by atoms with Gasteiger partial charge in [-0.3, -0.25) is 9.59 Å². The van der Waals surface area contributed by atoms with Crippen LogP contribution in [0.3, 0.4) is 0 Å². The average molecular weight is 270 g/mol. The highest BCUT2D eigenvalue weighted by atomic mass is 16.5. The lowest BCUT2D eigenvalue weighted by molar-refractivity contribution is -0.154. The maximum atomic E-state index is 12.3. The van der Waals surface area contributed by atoms with Crippen LogP contribution >= 0.6 is 0 Å². The minimum atomic E-state index is -0.385. The molecule has 0 bridgehead atoms. The second-order valence-corrected chi connectivity index (χ2v) is 5.90. The summed E-state index contributed by atoms with van der Waals surface area (Å²) in [4.78, 5) is 27.8. The molecular formula is C14H26N2O3. The Morgan fingerprint density at radius 2 is 1.53 bits per heavy atom. The van der Waals surface area contributed by atoms with Crippen LogP contribution in [0.2, 0.25) is 0 Å². The molecule has 0 atom stereocenters. The normalized spacial score (nSPS) is 16.0. The Balaban J connectivity index is 2.65. The van der Waals surface area contributed by atoms with Crippen LogP contribution in [0.25, 0.3) is 0 Å². The third kappa shape index (κ3) is 5.19. The predicted octanol–water partition coefficient (Wildman–Crippen LogP) is 0.986. The number of amides is 2. The van der Waals surface area contributed by atoms with Gasteiger partial charge in [0.15, 0.2) is 0 Å². The molecule has 0 aliphatic carbocycles. The third-order valence-corrected chi connectivity index (χ3v) is 2.94. The summed E-state index contributed by atoms with van der Waals surface area (Å²) >= 11 is 0. The molecule has 0 aromatic carbocycles. The van der Waals surface area contributed by atoms with Crippen molar-refractivity contribution in [1.82, 2.24) is 9.80 Å². The van der Waals surface area contributed by atoms with Crippen LogP contribution in [0.4, 0.5) is 0 Å². The molecule has 1 heterocycles. The van der Waals surface area contributed by atoms with Gasteiger partial charge in [-0.2, -0.15) is 0 Å². The molecular weight excluding hydrogens is 244 g/mol. The van der Waals surface area contributed by atoms with Crippen molar-refractivity contribution >= 4 is 11.8 Å². The lowest BCUT2D eigenvalue weighted by Crippen LogP contribution is -2.50. The summed E-state index contributed by atoms with van der Waals surface area (Å²) < 4.78 is 5.20. The maximum absolute atomic E-state index is 12.3. The zero-order valence-electron chi connectivity index (χ0n) is 12.5. The second-order valence-electron chi connectivity index (χ2n) is 5.90. The number of ether oxygens (including phenoxy) is 1. The number of hydrogen-bond donors (Lipinski definition) is 0. The van der Waals surface area contributed by atoms with Gasteiger partial charge in [-0.05, 0) is 11.8 Å². The molecule has 0 radical (unpaired) electrons. The molecule has 0 aromatic rings. The Kier molecular flexibility index (Phi) is 6.28. The van der Waals surface area contributed by atoms with E-state index >= 15 is 0 Å². The Bertz CT molecular complexity index is 300. The zero-order valence-corrected chi connectivity index (χ0v) is 12.5. The minimum absolute atomic E-state index is 0.361. The van der Waals surface area contributed by atoms with Crippen molar-refractivity contribution in [2.45, 2.75) is 27.7 Å². The molecule has 0 unspecified atom stereocenters. The molecule has 1 fully saturated rings. The van der Waals surface area contributed by atoms with Gasteiger partial charge >= 0.3 is 11.8 Å². The monoisotopic (exact) mass is 270 g/mol. The third-order valence-electron chi connectivity index (χ3n) is 2.94.